The Labute approximate surface area is 109 Å². The van der Waals surface area contributed by atoms with E-state index in [9.17, 15) is 14.9 Å². The molecule has 0 fully saturated rings. The normalized spacial score (nSPS) is 10.4. The van der Waals surface area contributed by atoms with Crippen LogP contribution in [0.3, 0.4) is 0 Å². The van der Waals surface area contributed by atoms with Gasteiger partial charge in [-0.15, -0.1) is 0 Å². The second kappa shape index (κ2) is 4.97. The minimum Gasteiger partial charge on any atom is -0.292 e. The van der Waals surface area contributed by atoms with Crippen molar-refractivity contribution in [3.05, 3.63) is 51.6 Å². The lowest BCUT2D eigenvalue weighted by atomic mass is 10.1. The maximum atomic E-state index is 12.0. The van der Waals surface area contributed by atoms with Crippen LogP contribution in [0.15, 0.2) is 24.3 Å². The van der Waals surface area contributed by atoms with E-state index in [1.165, 1.54) is 22.9 Å². The van der Waals surface area contributed by atoms with Crippen LogP contribution in [0, 0.1) is 24.0 Å². The SMILES string of the molecule is Cc1nc(C)n(CC(=O)c2cccc([N+](=O)[O-])c2)n1. The average molecular weight is 260 g/mol. The summed E-state index contributed by atoms with van der Waals surface area (Å²) in [6.45, 7) is 3.51. The van der Waals surface area contributed by atoms with Crippen molar-refractivity contribution in [2.24, 2.45) is 0 Å². The number of aromatic nitrogens is 3. The van der Waals surface area contributed by atoms with E-state index < -0.39 is 4.92 Å². The number of Topliss-reactive ketones (excluding diaryl/α,β-unsaturated/α-hetero) is 1. The minimum atomic E-state index is -0.526. The van der Waals surface area contributed by atoms with Crippen LogP contribution >= 0.6 is 0 Å². The molecule has 0 N–H and O–H groups in total. The molecule has 1 heterocycles. The lowest BCUT2D eigenvalue weighted by Gasteiger charge is -2.02. The summed E-state index contributed by atoms with van der Waals surface area (Å²) >= 11 is 0. The zero-order chi connectivity index (χ0) is 14.0. The molecule has 98 valence electrons. The molecule has 19 heavy (non-hydrogen) atoms. The van der Waals surface area contributed by atoms with Gasteiger partial charge in [0.05, 0.1) is 4.92 Å². The monoisotopic (exact) mass is 260 g/mol. The van der Waals surface area contributed by atoms with Crippen molar-refractivity contribution in [1.82, 2.24) is 14.8 Å². The Kier molecular flexibility index (Phi) is 3.37. The number of nitrogens with zero attached hydrogens (tertiary/aromatic N) is 4. The number of rotatable bonds is 4. The fourth-order valence-corrected chi connectivity index (χ4v) is 1.73. The van der Waals surface area contributed by atoms with E-state index >= 15 is 0 Å². The molecule has 0 bridgehead atoms. The third-order valence-electron chi connectivity index (χ3n) is 2.63. The fraction of sp³-hybridized carbons (Fsp3) is 0.250. The topological polar surface area (TPSA) is 90.9 Å². The molecule has 2 rings (SSSR count). The van der Waals surface area contributed by atoms with Crippen LogP contribution in [-0.4, -0.2) is 25.5 Å². The van der Waals surface area contributed by atoms with Crippen molar-refractivity contribution in [2.75, 3.05) is 0 Å². The van der Waals surface area contributed by atoms with Crippen molar-refractivity contribution in [1.29, 1.82) is 0 Å². The second-order valence-corrected chi connectivity index (χ2v) is 4.09. The maximum Gasteiger partial charge on any atom is 0.270 e. The van der Waals surface area contributed by atoms with Gasteiger partial charge in [-0.1, -0.05) is 12.1 Å². The van der Waals surface area contributed by atoms with Gasteiger partial charge in [0.25, 0.3) is 5.69 Å². The van der Waals surface area contributed by atoms with Crippen molar-refractivity contribution in [2.45, 2.75) is 20.4 Å². The van der Waals surface area contributed by atoms with Gasteiger partial charge in [-0.3, -0.25) is 14.9 Å². The highest BCUT2D eigenvalue weighted by Crippen LogP contribution is 2.14. The van der Waals surface area contributed by atoms with Crippen LogP contribution in [0.4, 0.5) is 5.69 Å². The van der Waals surface area contributed by atoms with Gasteiger partial charge in [-0.25, -0.2) is 9.67 Å². The van der Waals surface area contributed by atoms with E-state index in [1.807, 2.05) is 0 Å². The number of hydrogen-bond acceptors (Lipinski definition) is 5. The molecule has 1 aromatic heterocycles. The van der Waals surface area contributed by atoms with E-state index in [2.05, 4.69) is 10.1 Å². The molecule has 7 heteroatoms. The zero-order valence-corrected chi connectivity index (χ0v) is 10.5. The number of nitro benzene ring substituents is 1. The first-order valence-corrected chi connectivity index (χ1v) is 5.63. The molecule has 0 saturated carbocycles. The summed E-state index contributed by atoms with van der Waals surface area (Å²) in [5.74, 6) is 0.984. The van der Waals surface area contributed by atoms with E-state index in [0.717, 1.165) is 0 Å². The van der Waals surface area contributed by atoms with Gasteiger partial charge in [0.1, 0.15) is 18.2 Å². The lowest BCUT2D eigenvalue weighted by Crippen LogP contribution is -2.13. The van der Waals surface area contributed by atoms with Crippen molar-refractivity contribution < 1.29 is 9.72 Å². The Morgan fingerprint density at radius 3 is 2.74 bits per heavy atom. The predicted octanol–water partition coefficient (Wildman–Crippen LogP) is 1.69. The third kappa shape index (κ3) is 2.82. The number of non-ortho nitro benzene ring substituents is 1. The van der Waals surface area contributed by atoms with Crippen molar-refractivity contribution in [3.8, 4) is 0 Å². The maximum absolute atomic E-state index is 12.0. The van der Waals surface area contributed by atoms with Crippen LogP contribution in [0.25, 0.3) is 0 Å². The Morgan fingerprint density at radius 2 is 2.16 bits per heavy atom. The molecule has 0 atom stereocenters. The highest BCUT2D eigenvalue weighted by Gasteiger charge is 2.13. The molecule has 2 aromatic rings. The third-order valence-corrected chi connectivity index (χ3v) is 2.63. The van der Waals surface area contributed by atoms with Crippen LogP contribution in [0.2, 0.25) is 0 Å². The van der Waals surface area contributed by atoms with E-state index in [1.54, 1.807) is 19.9 Å². The summed E-state index contributed by atoms with van der Waals surface area (Å²) < 4.78 is 1.48. The number of ketones is 1. The highest BCUT2D eigenvalue weighted by atomic mass is 16.6. The second-order valence-electron chi connectivity index (χ2n) is 4.09. The van der Waals surface area contributed by atoms with Gasteiger partial charge in [-0.05, 0) is 13.8 Å². The first kappa shape index (κ1) is 12.9. The summed E-state index contributed by atoms with van der Waals surface area (Å²) in [6.07, 6.45) is 0. The molecule has 0 aliphatic carbocycles. The summed E-state index contributed by atoms with van der Waals surface area (Å²) in [5, 5.41) is 14.7. The van der Waals surface area contributed by atoms with Gasteiger partial charge >= 0.3 is 0 Å². The van der Waals surface area contributed by atoms with E-state index in [4.69, 9.17) is 0 Å². The smallest absolute Gasteiger partial charge is 0.270 e. The molecular weight excluding hydrogens is 248 g/mol. The average Bonchev–Trinajstić information content (AvgIpc) is 2.68. The van der Waals surface area contributed by atoms with Crippen LogP contribution in [0.1, 0.15) is 22.0 Å². The summed E-state index contributed by atoms with van der Waals surface area (Å²) in [5.41, 5.74) is 0.194. The van der Waals surface area contributed by atoms with Crippen LogP contribution in [0.5, 0.6) is 0 Å². The Hall–Kier alpha value is -2.57. The number of nitro groups is 1. The molecule has 7 nitrogen and oxygen atoms in total. The minimum absolute atomic E-state index is 0.0217. The Balaban J connectivity index is 2.23. The van der Waals surface area contributed by atoms with E-state index in [-0.39, 0.29) is 18.0 Å². The van der Waals surface area contributed by atoms with E-state index in [0.29, 0.717) is 17.2 Å². The molecule has 0 aliphatic rings. The number of aryl methyl sites for hydroxylation is 2. The predicted molar refractivity (Wildman–Crippen MR) is 66.9 cm³/mol. The molecule has 0 aliphatic heterocycles. The Bertz CT molecular complexity index is 648. The van der Waals surface area contributed by atoms with Crippen LogP contribution in [-0.2, 0) is 6.54 Å². The standard InChI is InChI=1S/C12H12N4O3/c1-8-13-9(2)15(14-8)7-12(17)10-4-3-5-11(6-10)16(18)19/h3-6H,7H2,1-2H3. The van der Waals surface area contributed by atoms with Gasteiger partial charge in [-0.2, -0.15) is 5.10 Å². The number of hydrogen-bond donors (Lipinski definition) is 0. The quantitative estimate of drug-likeness (QED) is 0.474. The summed E-state index contributed by atoms with van der Waals surface area (Å²) in [7, 11) is 0. The Morgan fingerprint density at radius 1 is 1.42 bits per heavy atom. The molecule has 1 aromatic carbocycles. The molecule has 0 saturated heterocycles. The van der Waals surface area contributed by atoms with Gasteiger partial charge in [0.2, 0.25) is 0 Å². The summed E-state index contributed by atoms with van der Waals surface area (Å²) in [6, 6.07) is 5.66. The van der Waals surface area contributed by atoms with Crippen molar-refractivity contribution in [3.63, 3.8) is 0 Å². The lowest BCUT2D eigenvalue weighted by molar-refractivity contribution is -0.384. The first-order valence-electron chi connectivity index (χ1n) is 5.63. The van der Waals surface area contributed by atoms with Gasteiger partial charge in [0, 0.05) is 17.7 Å². The zero-order valence-electron chi connectivity index (χ0n) is 10.5. The largest absolute Gasteiger partial charge is 0.292 e. The fourth-order valence-electron chi connectivity index (χ4n) is 1.73. The molecule has 0 spiro atoms. The number of carbonyl (C=O) groups excluding carboxylic acids is 1. The van der Waals surface area contributed by atoms with Crippen LogP contribution < -0.4 is 0 Å². The molecule has 0 amide bonds. The molecular formula is C12H12N4O3. The summed E-state index contributed by atoms with van der Waals surface area (Å²) in [4.78, 5) is 26.3. The number of benzene rings is 1. The highest BCUT2D eigenvalue weighted by molar-refractivity contribution is 5.96. The van der Waals surface area contributed by atoms with Gasteiger partial charge < -0.3 is 0 Å². The van der Waals surface area contributed by atoms with Gasteiger partial charge in [0.15, 0.2) is 5.78 Å². The molecule has 0 radical (unpaired) electrons. The van der Waals surface area contributed by atoms with Crippen molar-refractivity contribution >= 4 is 11.5 Å². The molecule has 0 unspecified atom stereocenters. The number of carbonyl (C=O) groups is 1. The first-order chi connectivity index (χ1) is 8.97.